The highest BCUT2D eigenvalue weighted by atomic mass is 19.1. The molecule has 0 spiro atoms. The molecule has 0 bridgehead atoms. The van der Waals surface area contributed by atoms with Crippen molar-refractivity contribution in [2.75, 3.05) is 33.8 Å². The average Bonchev–Trinajstić information content (AvgIpc) is 2.45. The van der Waals surface area contributed by atoms with Gasteiger partial charge < -0.3 is 15.3 Å². The molecule has 1 aromatic rings. The monoisotopic (exact) mass is 292 g/mol. The molecule has 2 N–H and O–H groups in total. The molecule has 21 heavy (non-hydrogen) atoms. The Kier molecular flexibility index (Phi) is 7.44. The SMILES string of the molecule is CN(C)CCCCNC(=O)c1cc(C#CCO)ccc1F. The van der Waals surface area contributed by atoms with Gasteiger partial charge in [-0.25, -0.2) is 4.39 Å². The molecule has 0 aromatic heterocycles. The molecule has 0 aliphatic carbocycles. The predicted octanol–water partition coefficient (Wildman–Crippen LogP) is 1.24. The summed E-state index contributed by atoms with van der Waals surface area (Å²) in [7, 11) is 3.99. The predicted molar refractivity (Wildman–Crippen MR) is 80.5 cm³/mol. The first-order chi connectivity index (χ1) is 10.0. The Morgan fingerprint density at radius 3 is 2.81 bits per heavy atom. The standard InChI is InChI=1S/C16H21FN2O2/c1-19(2)10-4-3-9-18-16(21)14-12-13(6-5-11-20)7-8-15(14)17/h7-8,12,20H,3-4,9-11H2,1-2H3,(H,18,21). The number of aliphatic hydroxyl groups excluding tert-OH is 1. The Morgan fingerprint density at radius 2 is 2.14 bits per heavy atom. The molecular formula is C16H21FN2O2. The van der Waals surface area contributed by atoms with Crippen molar-refractivity contribution in [3.63, 3.8) is 0 Å². The highest BCUT2D eigenvalue weighted by molar-refractivity contribution is 5.94. The van der Waals surface area contributed by atoms with Crippen molar-refractivity contribution in [3.05, 3.63) is 35.1 Å². The number of hydrogen-bond acceptors (Lipinski definition) is 3. The second kappa shape index (κ2) is 9.11. The van der Waals surface area contributed by atoms with Crippen LogP contribution in [0.5, 0.6) is 0 Å². The summed E-state index contributed by atoms with van der Waals surface area (Å²) in [5.41, 5.74) is 0.482. The minimum Gasteiger partial charge on any atom is -0.384 e. The maximum atomic E-state index is 13.7. The number of halogens is 1. The van der Waals surface area contributed by atoms with Crippen molar-refractivity contribution in [1.29, 1.82) is 0 Å². The summed E-state index contributed by atoms with van der Waals surface area (Å²) in [4.78, 5) is 14.0. The maximum absolute atomic E-state index is 13.7. The lowest BCUT2D eigenvalue weighted by molar-refractivity contribution is 0.0948. The Balaban J connectivity index is 2.57. The zero-order valence-corrected chi connectivity index (χ0v) is 12.4. The second-order valence-electron chi connectivity index (χ2n) is 4.92. The van der Waals surface area contributed by atoms with Crippen LogP contribution in [0, 0.1) is 17.7 Å². The summed E-state index contributed by atoms with van der Waals surface area (Å²) < 4.78 is 13.7. The number of amides is 1. The van der Waals surface area contributed by atoms with E-state index >= 15 is 0 Å². The summed E-state index contributed by atoms with van der Waals surface area (Å²) in [6.45, 7) is 1.19. The van der Waals surface area contributed by atoms with Crippen LogP contribution in [0.15, 0.2) is 18.2 Å². The number of hydrogen-bond donors (Lipinski definition) is 2. The summed E-state index contributed by atoms with van der Waals surface area (Å²) in [6.07, 6.45) is 1.81. The third-order valence-electron chi connectivity index (χ3n) is 2.84. The number of aliphatic hydroxyl groups is 1. The van der Waals surface area contributed by atoms with Crippen molar-refractivity contribution in [2.45, 2.75) is 12.8 Å². The van der Waals surface area contributed by atoms with Gasteiger partial charge in [-0.1, -0.05) is 11.8 Å². The number of carbonyl (C=O) groups excluding carboxylic acids is 1. The van der Waals surface area contributed by atoms with Crippen LogP contribution in [0.1, 0.15) is 28.8 Å². The Hall–Kier alpha value is -1.90. The van der Waals surface area contributed by atoms with Gasteiger partial charge in [0.15, 0.2) is 0 Å². The molecule has 4 nitrogen and oxygen atoms in total. The molecule has 0 aliphatic rings. The summed E-state index contributed by atoms with van der Waals surface area (Å²) >= 11 is 0. The van der Waals surface area contributed by atoms with E-state index in [-0.39, 0.29) is 12.2 Å². The molecule has 0 heterocycles. The Labute approximate surface area is 125 Å². The fraction of sp³-hybridized carbons (Fsp3) is 0.438. The van der Waals surface area contributed by atoms with E-state index in [1.807, 2.05) is 14.1 Å². The second-order valence-corrected chi connectivity index (χ2v) is 4.92. The van der Waals surface area contributed by atoms with E-state index in [0.29, 0.717) is 12.1 Å². The molecule has 0 aliphatic heterocycles. The third kappa shape index (κ3) is 6.39. The van der Waals surface area contributed by atoms with Crippen LogP contribution in [0.25, 0.3) is 0 Å². The van der Waals surface area contributed by atoms with E-state index in [9.17, 15) is 9.18 Å². The molecule has 1 aromatic carbocycles. The van der Waals surface area contributed by atoms with Crippen molar-refractivity contribution < 1.29 is 14.3 Å². The highest BCUT2D eigenvalue weighted by Crippen LogP contribution is 2.10. The first kappa shape index (κ1) is 17.2. The van der Waals surface area contributed by atoms with Crippen LogP contribution in [0.2, 0.25) is 0 Å². The zero-order valence-electron chi connectivity index (χ0n) is 12.4. The molecule has 5 heteroatoms. The van der Waals surface area contributed by atoms with E-state index in [2.05, 4.69) is 22.1 Å². The fourth-order valence-corrected chi connectivity index (χ4v) is 1.77. The van der Waals surface area contributed by atoms with Gasteiger partial charge in [0, 0.05) is 12.1 Å². The third-order valence-corrected chi connectivity index (χ3v) is 2.84. The first-order valence-electron chi connectivity index (χ1n) is 6.87. The van der Waals surface area contributed by atoms with Crippen molar-refractivity contribution in [1.82, 2.24) is 10.2 Å². The number of benzene rings is 1. The molecule has 114 valence electrons. The zero-order chi connectivity index (χ0) is 15.7. The topological polar surface area (TPSA) is 52.6 Å². The minimum absolute atomic E-state index is 0.0210. The van der Waals surface area contributed by atoms with Gasteiger partial charge in [0.1, 0.15) is 12.4 Å². The Bertz CT molecular complexity index is 533. The van der Waals surface area contributed by atoms with Crippen LogP contribution in [0.4, 0.5) is 4.39 Å². The molecular weight excluding hydrogens is 271 g/mol. The lowest BCUT2D eigenvalue weighted by Gasteiger charge is -2.10. The molecule has 0 radical (unpaired) electrons. The van der Waals surface area contributed by atoms with E-state index in [1.54, 1.807) is 0 Å². The largest absolute Gasteiger partial charge is 0.384 e. The molecule has 1 rings (SSSR count). The lowest BCUT2D eigenvalue weighted by Crippen LogP contribution is -2.26. The van der Waals surface area contributed by atoms with E-state index in [4.69, 9.17) is 5.11 Å². The van der Waals surface area contributed by atoms with E-state index in [1.165, 1.54) is 18.2 Å². The summed E-state index contributed by atoms with van der Waals surface area (Å²) in [5, 5.41) is 11.3. The molecule has 0 saturated heterocycles. The van der Waals surface area contributed by atoms with Crippen molar-refractivity contribution >= 4 is 5.91 Å². The summed E-state index contributed by atoms with van der Waals surface area (Å²) in [6, 6.07) is 4.08. The molecule has 0 atom stereocenters. The summed E-state index contributed by atoms with van der Waals surface area (Å²) in [5.74, 6) is 4.11. The van der Waals surface area contributed by atoms with Crippen LogP contribution in [0.3, 0.4) is 0 Å². The van der Waals surface area contributed by atoms with Gasteiger partial charge >= 0.3 is 0 Å². The number of nitrogens with zero attached hydrogens (tertiary/aromatic N) is 1. The van der Waals surface area contributed by atoms with Crippen molar-refractivity contribution in [3.8, 4) is 11.8 Å². The van der Waals surface area contributed by atoms with Crippen LogP contribution in [-0.2, 0) is 0 Å². The van der Waals surface area contributed by atoms with Gasteiger partial charge in [0.05, 0.1) is 5.56 Å². The van der Waals surface area contributed by atoms with Crippen LogP contribution in [-0.4, -0.2) is 49.7 Å². The highest BCUT2D eigenvalue weighted by Gasteiger charge is 2.11. The molecule has 0 saturated carbocycles. The number of rotatable bonds is 6. The molecule has 1 amide bonds. The Morgan fingerprint density at radius 1 is 1.38 bits per heavy atom. The lowest BCUT2D eigenvalue weighted by atomic mass is 10.1. The average molecular weight is 292 g/mol. The quantitative estimate of drug-likeness (QED) is 0.613. The number of nitrogens with one attached hydrogen (secondary N) is 1. The van der Waals surface area contributed by atoms with Gasteiger partial charge in [-0.2, -0.15) is 0 Å². The van der Waals surface area contributed by atoms with Gasteiger partial charge in [0.2, 0.25) is 0 Å². The molecule has 0 fully saturated rings. The molecule has 0 unspecified atom stereocenters. The van der Waals surface area contributed by atoms with Gasteiger partial charge in [-0.05, 0) is 51.7 Å². The fourth-order valence-electron chi connectivity index (χ4n) is 1.77. The maximum Gasteiger partial charge on any atom is 0.254 e. The number of unbranched alkanes of at least 4 members (excludes halogenated alkanes) is 1. The van der Waals surface area contributed by atoms with E-state index < -0.39 is 11.7 Å². The first-order valence-corrected chi connectivity index (χ1v) is 6.87. The van der Waals surface area contributed by atoms with Crippen LogP contribution < -0.4 is 5.32 Å². The van der Waals surface area contributed by atoms with Crippen molar-refractivity contribution in [2.24, 2.45) is 0 Å². The minimum atomic E-state index is -0.574. The van der Waals surface area contributed by atoms with E-state index in [0.717, 1.165) is 19.4 Å². The normalized spacial score (nSPS) is 10.1. The smallest absolute Gasteiger partial charge is 0.254 e. The number of carbonyl (C=O) groups is 1. The van der Waals surface area contributed by atoms with Gasteiger partial charge in [-0.3, -0.25) is 4.79 Å². The van der Waals surface area contributed by atoms with Gasteiger partial charge in [0.25, 0.3) is 5.91 Å². The van der Waals surface area contributed by atoms with Crippen LogP contribution >= 0.6 is 0 Å². The van der Waals surface area contributed by atoms with Gasteiger partial charge in [-0.15, -0.1) is 0 Å².